The summed E-state index contributed by atoms with van der Waals surface area (Å²) in [4.78, 5) is 60.9. The van der Waals surface area contributed by atoms with E-state index in [0.29, 0.717) is 84.4 Å². The van der Waals surface area contributed by atoms with E-state index < -0.39 is 35.6 Å². The van der Waals surface area contributed by atoms with E-state index >= 15 is 0 Å². The standard InChI is InChI=1S/C44H66N12O9S.CH4/c1-3-4-5-11-47-41-40-36(49-44(46)50-41)10-12-55(40)28-33-9-8-32(24-31(33)2)27-53-13-15-54(16-14-53)38(57)7-6-18-63-20-22-65-23-21-64-19-17-56-29-34(51-52-56)26-48-42(60)37(25-39(58)59)66-30-35(45)43(61)62;/h8-10,12,24,29,35,37H,3-7,11,13-23,25-28,30,45H2,1-2H3,(H,48,60)(H,58,59)(H,61,62)(H3,46,47,49,50);1H4/t35-,37-;/m0./s1. The van der Waals surface area contributed by atoms with Crippen molar-refractivity contribution in [2.45, 2.75) is 97.3 Å². The molecule has 21 nitrogen and oxygen atoms in total. The quantitative estimate of drug-likeness (QED) is 0.0396. The van der Waals surface area contributed by atoms with Gasteiger partial charge in [0.15, 0.2) is 5.82 Å². The summed E-state index contributed by atoms with van der Waals surface area (Å²) >= 11 is 0.875. The van der Waals surface area contributed by atoms with Gasteiger partial charge in [-0.3, -0.25) is 24.1 Å². The number of thioether (sulfide) groups is 1. The number of aromatic nitrogens is 6. The molecule has 0 bridgehead atoms. The molecule has 3 aromatic heterocycles. The average molecular weight is 955 g/mol. The first-order valence-corrected chi connectivity index (χ1v) is 23.6. The third-order valence-electron chi connectivity index (χ3n) is 10.9. The molecule has 0 aliphatic carbocycles. The van der Waals surface area contributed by atoms with E-state index in [0.717, 1.165) is 74.1 Å². The number of carbonyl (C=O) groups is 4. The summed E-state index contributed by atoms with van der Waals surface area (Å²) in [5, 5.41) is 31.2. The van der Waals surface area contributed by atoms with Crippen LogP contribution in [0.25, 0.3) is 11.0 Å². The van der Waals surface area contributed by atoms with Crippen LogP contribution in [0.3, 0.4) is 0 Å². The van der Waals surface area contributed by atoms with E-state index in [1.807, 2.05) is 17.2 Å². The molecular weight excluding hydrogens is 885 g/mol. The molecule has 5 rings (SSSR count). The van der Waals surface area contributed by atoms with E-state index in [4.69, 9.17) is 35.9 Å². The highest BCUT2D eigenvalue weighted by atomic mass is 32.2. The molecule has 4 heterocycles. The Labute approximate surface area is 396 Å². The molecule has 1 saturated heterocycles. The second-order valence-corrected chi connectivity index (χ2v) is 17.4. The van der Waals surface area contributed by atoms with Gasteiger partial charge in [-0.05, 0) is 42.5 Å². The van der Waals surface area contributed by atoms with Gasteiger partial charge in [-0.2, -0.15) is 4.98 Å². The Hall–Kier alpha value is -5.39. The molecule has 1 aromatic carbocycles. The number of benzene rings is 1. The Balaban J connectivity index is 0.00000980. The zero-order valence-corrected chi connectivity index (χ0v) is 38.9. The minimum Gasteiger partial charge on any atom is -0.481 e. The SMILES string of the molecule is C.CCCCCNc1nc(N)nc2ccn(Cc3ccc(CN4CCN(C(=O)CCCOCCOCCOCCn5cc(CNC(=O)[C@H](CC(=O)O)SC[C@H](N)C(=O)O)nn5)CC4)cc3C)c12. The number of aryl methyl sites for hydroxylation is 1. The number of nitrogens with zero attached hydrogens (tertiary/aromatic N) is 8. The second-order valence-electron chi connectivity index (χ2n) is 16.2. The molecule has 0 saturated carbocycles. The molecule has 0 spiro atoms. The van der Waals surface area contributed by atoms with Crippen LogP contribution in [-0.2, 0) is 59.6 Å². The normalized spacial score (nSPS) is 13.9. The number of piperazine rings is 1. The van der Waals surface area contributed by atoms with Gasteiger partial charge in [0.2, 0.25) is 17.8 Å². The number of carboxylic acids is 2. The fraction of sp³-hybridized carbons (Fsp3) is 0.600. The Morgan fingerprint density at radius 3 is 2.36 bits per heavy atom. The number of aliphatic carboxylic acids is 2. The van der Waals surface area contributed by atoms with Gasteiger partial charge in [0.1, 0.15) is 17.3 Å². The Morgan fingerprint density at radius 2 is 1.66 bits per heavy atom. The summed E-state index contributed by atoms with van der Waals surface area (Å²) in [6.07, 6.45) is 7.69. The number of nitrogens with one attached hydrogen (secondary N) is 2. The van der Waals surface area contributed by atoms with Crippen LogP contribution in [0, 0.1) is 6.92 Å². The monoisotopic (exact) mass is 955 g/mol. The molecule has 8 N–H and O–H groups in total. The molecule has 1 aliphatic heterocycles. The van der Waals surface area contributed by atoms with Gasteiger partial charge in [0.25, 0.3) is 0 Å². The number of hydrogen-bond donors (Lipinski definition) is 6. The van der Waals surface area contributed by atoms with Crippen LogP contribution in [0.1, 0.15) is 75.3 Å². The van der Waals surface area contributed by atoms with Crippen molar-refractivity contribution in [1.82, 2.24) is 44.6 Å². The number of fused-ring (bicyclic) bond motifs is 1. The lowest BCUT2D eigenvalue weighted by Gasteiger charge is -2.35. The highest BCUT2D eigenvalue weighted by Crippen LogP contribution is 2.25. The number of amides is 2. The fourth-order valence-corrected chi connectivity index (χ4v) is 8.35. The van der Waals surface area contributed by atoms with Gasteiger partial charge in [-0.25, -0.2) is 9.67 Å². The fourth-order valence-electron chi connectivity index (χ4n) is 7.27. The summed E-state index contributed by atoms with van der Waals surface area (Å²) in [6, 6.07) is 7.46. The van der Waals surface area contributed by atoms with Crippen LogP contribution in [0.5, 0.6) is 0 Å². The van der Waals surface area contributed by atoms with Crippen molar-refractivity contribution in [3.05, 3.63) is 59.0 Å². The minimum atomic E-state index is -1.23. The summed E-state index contributed by atoms with van der Waals surface area (Å²) in [7, 11) is 0. The highest BCUT2D eigenvalue weighted by molar-refractivity contribution is 8.00. The van der Waals surface area contributed by atoms with Crippen molar-refractivity contribution in [1.29, 1.82) is 0 Å². The van der Waals surface area contributed by atoms with E-state index in [-0.39, 0.29) is 31.6 Å². The number of ether oxygens (including phenoxy) is 3. The zero-order chi connectivity index (χ0) is 47.3. The lowest BCUT2D eigenvalue weighted by atomic mass is 10.0. The van der Waals surface area contributed by atoms with Crippen molar-refractivity contribution in [3.63, 3.8) is 0 Å². The average Bonchev–Trinajstić information content (AvgIpc) is 3.93. The topological polar surface area (TPSA) is 280 Å². The van der Waals surface area contributed by atoms with Crippen LogP contribution in [0.4, 0.5) is 11.8 Å². The number of unbranched alkanes of at least 4 members (excludes halogenated alkanes) is 2. The van der Waals surface area contributed by atoms with Crippen molar-refractivity contribution < 1.29 is 43.6 Å². The maximum atomic E-state index is 12.9. The largest absolute Gasteiger partial charge is 0.481 e. The predicted molar refractivity (Wildman–Crippen MR) is 256 cm³/mol. The first-order valence-electron chi connectivity index (χ1n) is 22.6. The maximum absolute atomic E-state index is 12.9. The molecule has 1 aliphatic rings. The van der Waals surface area contributed by atoms with Gasteiger partial charge < -0.3 is 56.0 Å². The van der Waals surface area contributed by atoms with Gasteiger partial charge in [0, 0.05) is 70.8 Å². The van der Waals surface area contributed by atoms with Crippen LogP contribution in [-0.4, -0.2) is 163 Å². The van der Waals surface area contributed by atoms with E-state index in [2.05, 4.69) is 72.4 Å². The molecule has 67 heavy (non-hydrogen) atoms. The van der Waals surface area contributed by atoms with Crippen molar-refractivity contribution in [2.24, 2.45) is 5.73 Å². The molecule has 370 valence electrons. The molecule has 22 heteroatoms. The van der Waals surface area contributed by atoms with Crippen molar-refractivity contribution in [2.75, 3.05) is 89.2 Å². The van der Waals surface area contributed by atoms with Crippen LogP contribution in [0.15, 0.2) is 36.7 Å². The van der Waals surface area contributed by atoms with Gasteiger partial charge in [-0.15, -0.1) is 16.9 Å². The summed E-state index contributed by atoms with van der Waals surface area (Å²) in [5.74, 6) is -1.89. The number of carboxylic acid groups (broad SMARTS) is 2. The number of hydrogen-bond acceptors (Lipinski definition) is 16. The molecule has 2 amide bonds. The number of anilines is 2. The molecular formula is C45H70N12O9S. The van der Waals surface area contributed by atoms with Crippen LogP contribution >= 0.6 is 11.8 Å². The van der Waals surface area contributed by atoms with E-state index in [1.165, 1.54) is 16.7 Å². The van der Waals surface area contributed by atoms with Crippen LogP contribution < -0.4 is 22.1 Å². The third-order valence-corrected chi connectivity index (χ3v) is 12.3. The minimum absolute atomic E-state index is 0. The van der Waals surface area contributed by atoms with Crippen molar-refractivity contribution in [3.8, 4) is 0 Å². The second kappa shape index (κ2) is 28.7. The summed E-state index contributed by atoms with van der Waals surface area (Å²) in [5.41, 5.74) is 17.5. The molecule has 4 aromatic rings. The number of rotatable bonds is 31. The van der Waals surface area contributed by atoms with Crippen LogP contribution in [0.2, 0.25) is 0 Å². The Kier molecular flexibility index (Phi) is 23.2. The Bertz CT molecular complexity index is 2160. The third kappa shape index (κ3) is 18.3. The van der Waals surface area contributed by atoms with E-state index in [1.54, 1.807) is 10.9 Å². The zero-order valence-electron chi connectivity index (χ0n) is 38.1. The predicted octanol–water partition coefficient (Wildman–Crippen LogP) is 2.98. The maximum Gasteiger partial charge on any atom is 0.321 e. The summed E-state index contributed by atoms with van der Waals surface area (Å²) in [6.45, 7) is 12.7. The summed E-state index contributed by atoms with van der Waals surface area (Å²) < 4.78 is 20.6. The van der Waals surface area contributed by atoms with Gasteiger partial charge >= 0.3 is 11.9 Å². The van der Waals surface area contributed by atoms with Gasteiger partial charge in [0.05, 0.1) is 69.5 Å². The smallest absolute Gasteiger partial charge is 0.321 e. The lowest BCUT2D eigenvalue weighted by Crippen LogP contribution is -2.48. The van der Waals surface area contributed by atoms with Crippen molar-refractivity contribution >= 4 is 58.3 Å². The van der Waals surface area contributed by atoms with E-state index in [9.17, 15) is 19.2 Å². The lowest BCUT2D eigenvalue weighted by molar-refractivity contribution is -0.138. The highest BCUT2D eigenvalue weighted by Gasteiger charge is 2.25. The first kappa shape index (κ1) is 54.2. The number of carbonyl (C=O) groups excluding carboxylic acids is 2. The van der Waals surface area contributed by atoms with Gasteiger partial charge in [-0.1, -0.05) is 50.6 Å². The first-order chi connectivity index (χ1) is 31.9. The molecule has 1 fully saturated rings. The molecule has 2 atom stereocenters. The number of nitrogen functional groups attached to an aromatic ring is 1. The molecule has 0 radical (unpaired) electrons. The Morgan fingerprint density at radius 1 is 0.925 bits per heavy atom. The number of nitrogens with two attached hydrogens (primary N) is 2. The molecule has 0 unspecified atom stereocenters.